The molecule has 0 atom stereocenters. The van der Waals surface area contributed by atoms with Gasteiger partial charge in [-0.1, -0.05) is 39.0 Å². The summed E-state index contributed by atoms with van der Waals surface area (Å²) in [5.41, 5.74) is 0.851. The quantitative estimate of drug-likeness (QED) is 0.837. The molecule has 0 aromatic heterocycles. The maximum atomic E-state index is 13.7. The first-order chi connectivity index (χ1) is 9.30. The summed E-state index contributed by atoms with van der Waals surface area (Å²) in [5, 5.41) is 9.88. The van der Waals surface area contributed by atoms with Crippen LogP contribution < -0.4 is 0 Å². The number of carbonyl (C=O) groups is 1. The van der Waals surface area contributed by atoms with Crippen LogP contribution in [-0.4, -0.2) is 10.9 Å². The van der Waals surface area contributed by atoms with E-state index in [1.165, 1.54) is 24.3 Å². The van der Waals surface area contributed by atoms with Crippen LogP contribution in [0, 0.1) is 5.82 Å². The average Bonchev–Trinajstić information content (AvgIpc) is 2.37. The van der Waals surface area contributed by atoms with Crippen molar-refractivity contribution in [2.24, 2.45) is 0 Å². The van der Waals surface area contributed by atoms with Gasteiger partial charge in [0.2, 0.25) is 0 Å². The monoisotopic (exact) mass is 272 g/mol. The third-order valence-corrected chi connectivity index (χ3v) is 3.23. The SMILES string of the molecule is CC(C)(C)c1ccc(O)c(C(=O)c2ccccc2F)c1. The topological polar surface area (TPSA) is 37.3 Å². The molecular formula is C17H17FO2. The molecule has 104 valence electrons. The average molecular weight is 272 g/mol. The molecule has 2 nitrogen and oxygen atoms in total. The molecular weight excluding hydrogens is 255 g/mol. The van der Waals surface area contributed by atoms with Crippen LogP contribution in [0.1, 0.15) is 42.3 Å². The van der Waals surface area contributed by atoms with E-state index in [-0.39, 0.29) is 22.3 Å². The predicted octanol–water partition coefficient (Wildman–Crippen LogP) is 4.06. The van der Waals surface area contributed by atoms with Crippen molar-refractivity contribution in [3.05, 3.63) is 65.0 Å². The van der Waals surface area contributed by atoms with Gasteiger partial charge < -0.3 is 5.11 Å². The molecule has 0 radical (unpaired) electrons. The van der Waals surface area contributed by atoms with E-state index in [1.54, 1.807) is 18.2 Å². The third kappa shape index (κ3) is 2.72. The molecule has 0 fully saturated rings. The second-order valence-electron chi connectivity index (χ2n) is 5.79. The highest BCUT2D eigenvalue weighted by molar-refractivity contribution is 6.10. The number of hydrogen-bond acceptors (Lipinski definition) is 2. The number of ketones is 1. The Labute approximate surface area is 117 Å². The second kappa shape index (κ2) is 5.08. The van der Waals surface area contributed by atoms with E-state index in [0.29, 0.717) is 0 Å². The Morgan fingerprint density at radius 1 is 1.05 bits per heavy atom. The number of phenolic OH excluding ortho intramolecular Hbond substituents is 1. The van der Waals surface area contributed by atoms with Crippen molar-refractivity contribution in [3.8, 4) is 5.75 Å². The molecule has 3 heteroatoms. The van der Waals surface area contributed by atoms with E-state index < -0.39 is 11.6 Å². The number of rotatable bonds is 2. The highest BCUT2D eigenvalue weighted by atomic mass is 19.1. The lowest BCUT2D eigenvalue weighted by atomic mass is 9.85. The Bertz CT molecular complexity index is 654. The lowest BCUT2D eigenvalue weighted by molar-refractivity contribution is 0.103. The van der Waals surface area contributed by atoms with Crippen molar-refractivity contribution >= 4 is 5.78 Å². The Kier molecular flexibility index (Phi) is 3.62. The Hall–Kier alpha value is -2.16. The minimum atomic E-state index is -0.585. The number of halogens is 1. The van der Waals surface area contributed by atoms with E-state index in [1.807, 2.05) is 20.8 Å². The fourth-order valence-electron chi connectivity index (χ4n) is 1.97. The molecule has 0 unspecified atom stereocenters. The first kappa shape index (κ1) is 14.3. The summed E-state index contributed by atoms with van der Waals surface area (Å²) >= 11 is 0. The van der Waals surface area contributed by atoms with Crippen LogP contribution in [-0.2, 0) is 5.41 Å². The van der Waals surface area contributed by atoms with Gasteiger partial charge in [-0.15, -0.1) is 0 Å². The minimum Gasteiger partial charge on any atom is -0.507 e. The van der Waals surface area contributed by atoms with E-state index in [9.17, 15) is 14.3 Å². The Balaban J connectivity index is 2.53. The van der Waals surface area contributed by atoms with Crippen molar-refractivity contribution in [1.82, 2.24) is 0 Å². The highest BCUT2D eigenvalue weighted by Gasteiger charge is 2.21. The summed E-state index contributed by atoms with van der Waals surface area (Å²) in [6, 6.07) is 10.7. The summed E-state index contributed by atoms with van der Waals surface area (Å²) in [5.74, 6) is -1.23. The van der Waals surface area contributed by atoms with Crippen LogP contribution in [0.5, 0.6) is 5.75 Å². The van der Waals surface area contributed by atoms with Crippen molar-refractivity contribution in [3.63, 3.8) is 0 Å². The summed E-state index contributed by atoms with van der Waals surface area (Å²) in [6.07, 6.45) is 0. The summed E-state index contributed by atoms with van der Waals surface area (Å²) in [4.78, 5) is 12.4. The molecule has 0 spiro atoms. The summed E-state index contributed by atoms with van der Waals surface area (Å²) < 4.78 is 13.7. The van der Waals surface area contributed by atoms with Crippen molar-refractivity contribution < 1.29 is 14.3 Å². The Morgan fingerprint density at radius 3 is 2.30 bits per heavy atom. The van der Waals surface area contributed by atoms with Gasteiger partial charge in [0.15, 0.2) is 5.78 Å². The lowest BCUT2D eigenvalue weighted by Crippen LogP contribution is -2.13. The molecule has 0 aliphatic heterocycles. The van der Waals surface area contributed by atoms with Gasteiger partial charge >= 0.3 is 0 Å². The number of carbonyl (C=O) groups excluding carboxylic acids is 1. The molecule has 0 bridgehead atoms. The van der Waals surface area contributed by atoms with Crippen LogP contribution in [0.3, 0.4) is 0 Å². The highest BCUT2D eigenvalue weighted by Crippen LogP contribution is 2.29. The molecule has 2 rings (SSSR count). The van der Waals surface area contributed by atoms with Crippen LogP contribution >= 0.6 is 0 Å². The number of aromatic hydroxyl groups is 1. The molecule has 20 heavy (non-hydrogen) atoms. The summed E-state index contributed by atoms with van der Waals surface area (Å²) in [6.45, 7) is 6.03. The van der Waals surface area contributed by atoms with Gasteiger partial charge in [0, 0.05) is 0 Å². The largest absolute Gasteiger partial charge is 0.507 e. The van der Waals surface area contributed by atoms with Crippen molar-refractivity contribution in [2.45, 2.75) is 26.2 Å². The zero-order valence-corrected chi connectivity index (χ0v) is 11.8. The molecule has 0 saturated carbocycles. The molecule has 0 saturated heterocycles. The van der Waals surface area contributed by atoms with Crippen LogP contribution in [0.15, 0.2) is 42.5 Å². The zero-order valence-electron chi connectivity index (χ0n) is 11.8. The Morgan fingerprint density at radius 2 is 1.70 bits per heavy atom. The number of phenols is 1. The van der Waals surface area contributed by atoms with Gasteiger partial charge in [-0.3, -0.25) is 4.79 Å². The van der Waals surface area contributed by atoms with E-state index in [0.717, 1.165) is 5.56 Å². The molecule has 0 amide bonds. The number of benzene rings is 2. The van der Waals surface area contributed by atoms with E-state index in [4.69, 9.17) is 0 Å². The molecule has 2 aromatic carbocycles. The zero-order chi connectivity index (χ0) is 14.9. The predicted molar refractivity (Wildman–Crippen MR) is 76.6 cm³/mol. The van der Waals surface area contributed by atoms with Crippen molar-refractivity contribution in [1.29, 1.82) is 0 Å². The van der Waals surface area contributed by atoms with Gasteiger partial charge in [0.25, 0.3) is 0 Å². The molecule has 0 heterocycles. The summed E-state index contributed by atoms with van der Waals surface area (Å²) in [7, 11) is 0. The normalized spacial score (nSPS) is 11.4. The second-order valence-corrected chi connectivity index (χ2v) is 5.79. The van der Waals surface area contributed by atoms with E-state index >= 15 is 0 Å². The standard InChI is InChI=1S/C17H17FO2/c1-17(2,3)11-8-9-15(19)13(10-11)16(20)12-6-4-5-7-14(12)18/h4-10,19H,1-3H3. The minimum absolute atomic E-state index is 0.0335. The van der Waals surface area contributed by atoms with Crippen molar-refractivity contribution in [2.75, 3.05) is 0 Å². The van der Waals surface area contributed by atoms with E-state index in [2.05, 4.69) is 0 Å². The van der Waals surface area contributed by atoms with Gasteiger partial charge in [-0.2, -0.15) is 0 Å². The maximum Gasteiger partial charge on any atom is 0.199 e. The van der Waals surface area contributed by atoms with Crippen LogP contribution in [0.25, 0.3) is 0 Å². The molecule has 0 aliphatic rings. The molecule has 1 N–H and O–H groups in total. The lowest BCUT2D eigenvalue weighted by Gasteiger charge is -2.20. The first-order valence-corrected chi connectivity index (χ1v) is 6.43. The van der Waals surface area contributed by atoms with Gasteiger partial charge in [-0.25, -0.2) is 4.39 Å². The fraction of sp³-hybridized carbons (Fsp3) is 0.235. The maximum absolute atomic E-state index is 13.7. The van der Waals surface area contributed by atoms with Crippen LogP contribution in [0.2, 0.25) is 0 Å². The van der Waals surface area contributed by atoms with Crippen LogP contribution in [0.4, 0.5) is 4.39 Å². The smallest absolute Gasteiger partial charge is 0.199 e. The number of hydrogen-bond donors (Lipinski definition) is 1. The van der Waals surface area contributed by atoms with Gasteiger partial charge in [0.05, 0.1) is 11.1 Å². The van der Waals surface area contributed by atoms with Gasteiger partial charge in [0.1, 0.15) is 11.6 Å². The third-order valence-electron chi connectivity index (χ3n) is 3.23. The fourth-order valence-corrected chi connectivity index (χ4v) is 1.97. The molecule has 0 aliphatic carbocycles. The molecule has 2 aromatic rings. The van der Waals surface area contributed by atoms with Gasteiger partial charge in [-0.05, 0) is 35.2 Å². The first-order valence-electron chi connectivity index (χ1n) is 6.43.